The van der Waals surface area contributed by atoms with Gasteiger partial charge in [-0.3, -0.25) is 9.59 Å². The average molecular weight is 540 g/mol. The molecule has 0 saturated carbocycles. The largest absolute Gasteiger partial charge is 0.507 e. The van der Waals surface area contributed by atoms with Crippen LogP contribution >= 0.6 is 23.2 Å². The normalized spacial score (nSPS) is 18.2. The van der Waals surface area contributed by atoms with Crippen molar-refractivity contribution in [3.05, 3.63) is 69.2 Å². The fraction of sp³-hybridized carbons (Fsp3) is 0.333. The molecule has 1 heterocycles. The standard InChI is InChI=1S/C24H27Cl2N3O5S/c1-27(2)12-5-13-29-21(16-8-11-18(25)19(26)14-16)20(23(31)24(29)32)22(30)15-6-9-17(10-7-15)35(33,34)28(3)4/h6-11,14,21,30H,5,12-13H2,1-4H3/t21-/m1/s1. The molecule has 8 nitrogen and oxygen atoms in total. The average Bonchev–Trinajstić information content (AvgIpc) is 3.05. The van der Waals surface area contributed by atoms with Gasteiger partial charge in [-0.15, -0.1) is 0 Å². The molecule has 0 bridgehead atoms. The van der Waals surface area contributed by atoms with Crippen molar-refractivity contribution in [3.63, 3.8) is 0 Å². The van der Waals surface area contributed by atoms with Crippen LogP contribution in [0.25, 0.3) is 5.76 Å². The van der Waals surface area contributed by atoms with Crippen molar-refractivity contribution < 1.29 is 23.1 Å². The van der Waals surface area contributed by atoms with E-state index >= 15 is 0 Å². The van der Waals surface area contributed by atoms with Gasteiger partial charge in [-0.2, -0.15) is 0 Å². The number of Topliss-reactive ketones (excluding diaryl/α,β-unsaturated/α-hetero) is 1. The monoisotopic (exact) mass is 539 g/mol. The Kier molecular flexibility index (Phi) is 8.28. The molecule has 3 rings (SSSR count). The Bertz CT molecular complexity index is 1270. The van der Waals surface area contributed by atoms with Gasteiger partial charge in [0, 0.05) is 26.2 Å². The van der Waals surface area contributed by atoms with Crippen LogP contribution in [0.15, 0.2) is 52.9 Å². The zero-order valence-corrected chi connectivity index (χ0v) is 22.2. The maximum Gasteiger partial charge on any atom is 0.295 e. The molecule has 35 heavy (non-hydrogen) atoms. The van der Waals surface area contributed by atoms with Gasteiger partial charge in [-0.1, -0.05) is 29.3 Å². The number of aliphatic hydroxyl groups is 1. The third-order valence-corrected chi connectivity index (χ3v) is 8.28. The quantitative estimate of drug-likeness (QED) is 0.312. The number of aliphatic hydroxyl groups excluding tert-OH is 1. The number of sulfonamides is 1. The van der Waals surface area contributed by atoms with Crippen LogP contribution in [0.2, 0.25) is 10.0 Å². The van der Waals surface area contributed by atoms with E-state index in [0.717, 1.165) is 4.31 Å². The molecule has 0 unspecified atom stereocenters. The first-order valence-electron chi connectivity index (χ1n) is 10.8. The summed E-state index contributed by atoms with van der Waals surface area (Å²) in [6.45, 7) is 0.976. The molecule has 1 aliphatic rings. The minimum atomic E-state index is -3.67. The minimum Gasteiger partial charge on any atom is -0.507 e. The van der Waals surface area contributed by atoms with Gasteiger partial charge in [0.15, 0.2) is 0 Å². The van der Waals surface area contributed by atoms with Crippen molar-refractivity contribution in [1.82, 2.24) is 14.1 Å². The molecule has 2 aromatic carbocycles. The predicted octanol–water partition coefficient (Wildman–Crippen LogP) is 3.62. The maximum atomic E-state index is 13.1. The van der Waals surface area contributed by atoms with E-state index in [9.17, 15) is 23.1 Å². The SMILES string of the molecule is CN(C)CCCN1C(=O)C(=O)C(=C(O)c2ccc(S(=O)(=O)N(C)C)cc2)[C@H]1c1ccc(Cl)c(Cl)c1. The number of rotatable bonds is 8. The van der Waals surface area contributed by atoms with E-state index in [1.807, 2.05) is 19.0 Å². The highest BCUT2D eigenvalue weighted by molar-refractivity contribution is 7.89. The second kappa shape index (κ2) is 10.7. The van der Waals surface area contributed by atoms with E-state index in [4.69, 9.17) is 23.2 Å². The van der Waals surface area contributed by atoms with Crippen molar-refractivity contribution in [2.24, 2.45) is 0 Å². The van der Waals surface area contributed by atoms with Gasteiger partial charge in [-0.05, 0) is 69.0 Å². The lowest BCUT2D eigenvalue weighted by molar-refractivity contribution is -0.139. The van der Waals surface area contributed by atoms with Crippen LogP contribution in [-0.2, 0) is 19.6 Å². The third-order valence-electron chi connectivity index (χ3n) is 5.71. The summed E-state index contributed by atoms with van der Waals surface area (Å²) in [5.74, 6) is -1.95. The van der Waals surface area contributed by atoms with E-state index in [0.29, 0.717) is 23.6 Å². The Hall–Kier alpha value is -2.43. The first-order chi connectivity index (χ1) is 16.4. The Balaban J connectivity index is 2.11. The van der Waals surface area contributed by atoms with Gasteiger partial charge >= 0.3 is 0 Å². The zero-order chi connectivity index (χ0) is 26.1. The molecule has 1 saturated heterocycles. The molecule has 11 heteroatoms. The summed E-state index contributed by atoms with van der Waals surface area (Å²) in [5.41, 5.74) is 0.636. The number of hydrogen-bond acceptors (Lipinski definition) is 6. The summed E-state index contributed by atoms with van der Waals surface area (Å²) in [7, 11) is 2.97. The second-order valence-electron chi connectivity index (χ2n) is 8.63. The lowest BCUT2D eigenvalue weighted by Crippen LogP contribution is -2.32. The highest BCUT2D eigenvalue weighted by Crippen LogP contribution is 2.41. The summed E-state index contributed by atoms with van der Waals surface area (Å²) >= 11 is 12.3. The topological polar surface area (TPSA) is 98.2 Å². The highest BCUT2D eigenvalue weighted by Gasteiger charge is 2.46. The smallest absolute Gasteiger partial charge is 0.295 e. The summed E-state index contributed by atoms with van der Waals surface area (Å²) < 4.78 is 25.8. The van der Waals surface area contributed by atoms with E-state index in [1.54, 1.807) is 18.2 Å². The predicted molar refractivity (Wildman–Crippen MR) is 136 cm³/mol. The van der Waals surface area contributed by atoms with E-state index in [-0.39, 0.29) is 27.6 Å². The molecule has 1 atom stereocenters. The number of carbonyl (C=O) groups excluding carboxylic acids is 2. The number of likely N-dealkylation sites (tertiary alicyclic amines) is 1. The maximum absolute atomic E-state index is 13.1. The summed E-state index contributed by atoms with van der Waals surface area (Å²) in [6, 6.07) is 9.39. The Morgan fingerprint density at radius 1 is 1.00 bits per heavy atom. The molecule has 1 aliphatic heterocycles. The van der Waals surface area contributed by atoms with Gasteiger partial charge in [0.1, 0.15) is 5.76 Å². The molecule has 1 fully saturated rings. The molecule has 0 aromatic heterocycles. The summed E-state index contributed by atoms with van der Waals surface area (Å²) in [5, 5.41) is 11.7. The van der Waals surface area contributed by atoms with Crippen LogP contribution in [0.4, 0.5) is 0 Å². The molecule has 0 spiro atoms. The van der Waals surface area contributed by atoms with Crippen LogP contribution < -0.4 is 0 Å². The van der Waals surface area contributed by atoms with Gasteiger partial charge in [0.25, 0.3) is 11.7 Å². The van der Waals surface area contributed by atoms with E-state index in [2.05, 4.69) is 0 Å². The summed E-state index contributed by atoms with van der Waals surface area (Å²) in [4.78, 5) is 29.5. The van der Waals surface area contributed by atoms with E-state index < -0.39 is 33.5 Å². The first kappa shape index (κ1) is 27.2. The molecule has 1 amide bonds. The van der Waals surface area contributed by atoms with Crippen molar-refractivity contribution in [2.75, 3.05) is 41.3 Å². The van der Waals surface area contributed by atoms with Gasteiger partial charge in [0.05, 0.1) is 26.6 Å². The van der Waals surface area contributed by atoms with E-state index in [1.165, 1.54) is 43.3 Å². The van der Waals surface area contributed by atoms with Gasteiger partial charge in [-0.25, -0.2) is 12.7 Å². The van der Waals surface area contributed by atoms with Crippen LogP contribution in [0.1, 0.15) is 23.6 Å². The fourth-order valence-electron chi connectivity index (χ4n) is 3.85. The number of carbonyl (C=O) groups is 2. The van der Waals surface area contributed by atoms with Crippen molar-refractivity contribution in [3.8, 4) is 0 Å². The first-order valence-corrected chi connectivity index (χ1v) is 13.0. The molecular weight excluding hydrogens is 513 g/mol. The number of amides is 1. The molecular formula is C24H27Cl2N3O5S. The number of benzene rings is 2. The minimum absolute atomic E-state index is 0.0317. The van der Waals surface area contributed by atoms with Crippen LogP contribution in [0, 0.1) is 0 Å². The van der Waals surface area contributed by atoms with Crippen LogP contribution in [0.5, 0.6) is 0 Å². The van der Waals surface area contributed by atoms with Crippen molar-refractivity contribution >= 4 is 50.7 Å². The van der Waals surface area contributed by atoms with Gasteiger partial charge < -0.3 is 14.9 Å². The zero-order valence-electron chi connectivity index (χ0n) is 19.8. The summed E-state index contributed by atoms with van der Waals surface area (Å²) in [6.07, 6.45) is 0.606. The lowest BCUT2D eigenvalue weighted by atomic mass is 9.95. The second-order valence-corrected chi connectivity index (χ2v) is 11.6. The van der Waals surface area contributed by atoms with Crippen molar-refractivity contribution in [2.45, 2.75) is 17.4 Å². The van der Waals surface area contributed by atoms with Crippen molar-refractivity contribution in [1.29, 1.82) is 0 Å². The molecule has 1 N–H and O–H groups in total. The molecule has 188 valence electrons. The third kappa shape index (κ3) is 5.54. The fourth-order valence-corrected chi connectivity index (χ4v) is 5.06. The number of nitrogens with zero attached hydrogens (tertiary/aromatic N) is 3. The number of halogens is 2. The van der Waals surface area contributed by atoms with Gasteiger partial charge in [0.2, 0.25) is 10.0 Å². The molecule has 2 aromatic rings. The number of ketones is 1. The highest BCUT2D eigenvalue weighted by atomic mass is 35.5. The lowest BCUT2D eigenvalue weighted by Gasteiger charge is -2.26. The number of hydrogen-bond donors (Lipinski definition) is 1. The molecule has 0 radical (unpaired) electrons. The molecule has 0 aliphatic carbocycles. The Morgan fingerprint density at radius 3 is 2.17 bits per heavy atom. The Labute approximate surface area is 215 Å². The van der Waals surface area contributed by atoms with Crippen LogP contribution in [-0.4, -0.2) is 80.6 Å². The van der Waals surface area contributed by atoms with Crippen LogP contribution in [0.3, 0.4) is 0 Å². The Morgan fingerprint density at radius 2 is 1.63 bits per heavy atom.